The summed E-state index contributed by atoms with van der Waals surface area (Å²) in [5.41, 5.74) is 2.10. The molecule has 0 aliphatic carbocycles. The second-order valence-electron chi connectivity index (χ2n) is 4.53. The number of phenolic OH excluding ortho intramolecular Hbond substituents is 1. The first-order valence-electron chi connectivity index (χ1n) is 6.22. The van der Waals surface area contributed by atoms with Crippen molar-refractivity contribution < 1.29 is 19.1 Å². The molecule has 2 rings (SSSR count). The molecular weight excluding hydrogens is 258 g/mol. The van der Waals surface area contributed by atoms with Gasteiger partial charge in [0, 0.05) is 5.69 Å². The summed E-state index contributed by atoms with van der Waals surface area (Å²) in [6.45, 7) is 4.00. The maximum Gasteiger partial charge on any atom is 0.341 e. The third kappa shape index (κ3) is 2.93. The number of aryl methyl sites for hydroxylation is 2. The van der Waals surface area contributed by atoms with Crippen molar-refractivity contribution in [1.82, 2.24) is 0 Å². The Morgan fingerprint density at radius 1 is 1.35 bits per heavy atom. The van der Waals surface area contributed by atoms with Gasteiger partial charge in [0.15, 0.2) is 0 Å². The van der Waals surface area contributed by atoms with Crippen molar-refractivity contribution >= 4 is 11.7 Å². The zero-order chi connectivity index (χ0) is 14.7. The molecule has 2 aromatic rings. The van der Waals surface area contributed by atoms with Gasteiger partial charge in [0.1, 0.15) is 22.8 Å². The molecule has 0 unspecified atom stereocenters. The Bertz CT molecular complexity index is 631. The van der Waals surface area contributed by atoms with Gasteiger partial charge < -0.3 is 19.6 Å². The quantitative estimate of drug-likeness (QED) is 0.663. The fourth-order valence-electron chi connectivity index (χ4n) is 1.90. The van der Waals surface area contributed by atoms with Crippen molar-refractivity contribution in [3.05, 3.63) is 46.9 Å². The van der Waals surface area contributed by atoms with Crippen LogP contribution < -0.4 is 5.32 Å². The first-order valence-corrected chi connectivity index (χ1v) is 6.22. The van der Waals surface area contributed by atoms with E-state index in [4.69, 9.17) is 4.42 Å². The number of rotatable bonds is 4. The third-order valence-corrected chi connectivity index (χ3v) is 3.04. The number of hydrogen-bond donors (Lipinski definition) is 2. The summed E-state index contributed by atoms with van der Waals surface area (Å²) < 4.78 is 10.2. The molecule has 1 aromatic carbocycles. The number of methoxy groups -OCH3 is 1. The minimum Gasteiger partial charge on any atom is -0.508 e. The molecule has 0 fully saturated rings. The highest BCUT2D eigenvalue weighted by Gasteiger charge is 2.15. The lowest BCUT2D eigenvalue weighted by molar-refractivity contribution is 0.0599. The zero-order valence-electron chi connectivity index (χ0n) is 11.7. The van der Waals surface area contributed by atoms with Gasteiger partial charge in [-0.15, -0.1) is 0 Å². The smallest absolute Gasteiger partial charge is 0.341 e. The number of benzene rings is 1. The lowest BCUT2D eigenvalue weighted by Crippen LogP contribution is -2.01. The highest BCUT2D eigenvalue weighted by atomic mass is 16.5. The molecule has 0 bridgehead atoms. The molecule has 0 aliphatic heterocycles. The van der Waals surface area contributed by atoms with E-state index < -0.39 is 5.97 Å². The van der Waals surface area contributed by atoms with E-state index in [1.165, 1.54) is 7.11 Å². The highest BCUT2D eigenvalue weighted by molar-refractivity contribution is 5.90. The summed E-state index contributed by atoms with van der Waals surface area (Å²) in [6.07, 6.45) is 0. The SMILES string of the molecule is COC(=O)c1cc(CNc2ccc(O)c(C)c2)oc1C. The van der Waals surface area contributed by atoms with Crippen molar-refractivity contribution in [2.24, 2.45) is 0 Å². The maximum absolute atomic E-state index is 11.5. The van der Waals surface area contributed by atoms with Gasteiger partial charge in [-0.1, -0.05) is 0 Å². The van der Waals surface area contributed by atoms with Gasteiger partial charge in [-0.05, 0) is 43.7 Å². The lowest BCUT2D eigenvalue weighted by Gasteiger charge is -2.06. The Hall–Kier alpha value is -2.43. The summed E-state index contributed by atoms with van der Waals surface area (Å²) >= 11 is 0. The number of carbonyl (C=O) groups is 1. The number of esters is 1. The van der Waals surface area contributed by atoms with Crippen LogP contribution in [0, 0.1) is 13.8 Å². The Balaban J connectivity index is 2.07. The van der Waals surface area contributed by atoms with Crippen LogP contribution in [0.1, 0.15) is 27.4 Å². The minimum atomic E-state index is -0.405. The molecule has 5 heteroatoms. The molecule has 106 valence electrons. The van der Waals surface area contributed by atoms with E-state index in [1.54, 1.807) is 25.1 Å². The molecule has 0 aliphatic rings. The first kappa shape index (κ1) is 14.0. The molecule has 5 nitrogen and oxygen atoms in total. The number of carbonyl (C=O) groups excluding carboxylic acids is 1. The van der Waals surface area contributed by atoms with E-state index >= 15 is 0 Å². The normalized spacial score (nSPS) is 10.3. The van der Waals surface area contributed by atoms with Crippen molar-refractivity contribution in [2.45, 2.75) is 20.4 Å². The minimum absolute atomic E-state index is 0.261. The Kier molecular flexibility index (Phi) is 3.98. The Labute approximate surface area is 117 Å². The van der Waals surface area contributed by atoms with Gasteiger partial charge >= 0.3 is 5.97 Å². The van der Waals surface area contributed by atoms with E-state index in [9.17, 15) is 9.90 Å². The van der Waals surface area contributed by atoms with Gasteiger partial charge in [0.2, 0.25) is 0 Å². The molecule has 0 atom stereocenters. The van der Waals surface area contributed by atoms with Crippen molar-refractivity contribution in [2.75, 3.05) is 12.4 Å². The predicted octanol–water partition coefficient (Wildman–Crippen LogP) is 3.00. The monoisotopic (exact) mass is 275 g/mol. The van der Waals surface area contributed by atoms with Crippen LogP contribution in [0.2, 0.25) is 0 Å². The molecule has 0 amide bonds. The summed E-state index contributed by atoms with van der Waals surface area (Å²) in [5.74, 6) is 1.04. The molecule has 2 N–H and O–H groups in total. The third-order valence-electron chi connectivity index (χ3n) is 3.04. The molecule has 0 spiro atoms. The summed E-state index contributed by atoms with van der Waals surface area (Å²) in [4.78, 5) is 11.5. The Morgan fingerprint density at radius 3 is 2.75 bits per heavy atom. The van der Waals surface area contributed by atoms with Crippen LogP contribution in [0.25, 0.3) is 0 Å². The van der Waals surface area contributed by atoms with Crippen LogP contribution in [-0.4, -0.2) is 18.2 Å². The van der Waals surface area contributed by atoms with Crippen molar-refractivity contribution in [3.63, 3.8) is 0 Å². The maximum atomic E-state index is 11.5. The van der Waals surface area contributed by atoms with E-state index in [2.05, 4.69) is 10.1 Å². The Morgan fingerprint density at radius 2 is 2.10 bits per heavy atom. The second kappa shape index (κ2) is 5.69. The fourth-order valence-corrected chi connectivity index (χ4v) is 1.90. The predicted molar refractivity (Wildman–Crippen MR) is 75.0 cm³/mol. The van der Waals surface area contributed by atoms with Crippen LogP contribution in [-0.2, 0) is 11.3 Å². The number of furan rings is 1. The molecule has 0 saturated heterocycles. The molecule has 0 radical (unpaired) electrons. The molecule has 1 heterocycles. The largest absolute Gasteiger partial charge is 0.508 e. The second-order valence-corrected chi connectivity index (χ2v) is 4.53. The van der Waals surface area contributed by atoms with Crippen LogP contribution in [0.4, 0.5) is 5.69 Å². The number of phenols is 1. The topological polar surface area (TPSA) is 71.7 Å². The van der Waals surface area contributed by atoms with E-state index in [0.717, 1.165) is 11.3 Å². The van der Waals surface area contributed by atoms with Crippen LogP contribution in [0.3, 0.4) is 0 Å². The lowest BCUT2D eigenvalue weighted by atomic mass is 10.2. The van der Waals surface area contributed by atoms with Gasteiger partial charge in [-0.2, -0.15) is 0 Å². The average molecular weight is 275 g/mol. The van der Waals surface area contributed by atoms with Crippen LogP contribution in [0.15, 0.2) is 28.7 Å². The summed E-state index contributed by atoms with van der Waals surface area (Å²) in [5, 5.41) is 12.6. The molecule has 1 aromatic heterocycles. The number of nitrogens with one attached hydrogen (secondary N) is 1. The van der Waals surface area contributed by atoms with Gasteiger partial charge in [-0.25, -0.2) is 4.79 Å². The summed E-state index contributed by atoms with van der Waals surface area (Å²) in [7, 11) is 1.34. The van der Waals surface area contributed by atoms with Crippen LogP contribution in [0.5, 0.6) is 5.75 Å². The van der Waals surface area contributed by atoms with Gasteiger partial charge in [0.05, 0.1) is 13.7 Å². The zero-order valence-corrected chi connectivity index (χ0v) is 11.7. The summed E-state index contributed by atoms with van der Waals surface area (Å²) in [6, 6.07) is 6.91. The van der Waals surface area contributed by atoms with Gasteiger partial charge in [-0.3, -0.25) is 0 Å². The number of anilines is 1. The highest BCUT2D eigenvalue weighted by Crippen LogP contribution is 2.21. The average Bonchev–Trinajstić information content (AvgIpc) is 2.80. The molecule has 20 heavy (non-hydrogen) atoms. The van der Waals surface area contributed by atoms with Crippen LogP contribution >= 0.6 is 0 Å². The van der Waals surface area contributed by atoms with E-state index in [1.807, 2.05) is 13.0 Å². The van der Waals surface area contributed by atoms with Crippen molar-refractivity contribution in [3.8, 4) is 5.75 Å². The fraction of sp³-hybridized carbons (Fsp3) is 0.267. The standard InChI is InChI=1S/C15H17NO4/c1-9-6-11(4-5-14(9)17)16-8-12-7-13(10(2)20-12)15(18)19-3/h4-7,16-17H,8H2,1-3H3. The van der Waals surface area contributed by atoms with E-state index in [-0.39, 0.29) is 5.75 Å². The van der Waals surface area contributed by atoms with E-state index in [0.29, 0.717) is 23.6 Å². The number of ether oxygens (including phenoxy) is 1. The number of aromatic hydroxyl groups is 1. The molecule has 0 saturated carbocycles. The first-order chi connectivity index (χ1) is 9.51. The van der Waals surface area contributed by atoms with Crippen molar-refractivity contribution in [1.29, 1.82) is 0 Å². The van der Waals surface area contributed by atoms with Gasteiger partial charge in [0.25, 0.3) is 0 Å². The molecular formula is C15H17NO4. The number of hydrogen-bond acceptors (Lipinski definition) is 5.